The van der Waals surface area contributed by atoms with Gasteiger partial charge in [-0.05, 0) is 19.8 Å². The molecule has 0 radical (unpaired) electrons. The molecular weight excluding hydrogens is 214 g/mol. The number of ether oxygens (including phenoxy) is 1. The highest BCUT2D eigenvalue weighted by Gasteiger charge is 2.37. The molecule has 0 aliphatic carbocycles. The third-order valence-corrected chi connectivity index (χ3v) is 4.12. The molecule has 0 spiro atoms. The normalized spacial score (nSPS) is 34.7. The van der Waals surface area contributed by atoms with E-state index in [1.54, 1.807) is 0 Å². The summed E-state index contributed by atoms with van der Waals surface area (Å²) in [5.74, 6) is 0.460. The summed E-state index contributed by atoms with van der Waals surface area (Å²) in [6.45, 7) is 5.07. The van der Waals surface area contributed by atoms with Crippen LogP contribution in [0, 0.1) is 0 Å². The van der Waals surface area contributed by atoms with Crippen LogP contribution in [0.3, 0.4) is 0 Å². The summed E-state index contributed by atoms with van der Waals surface area (Å²) in [7, 11) is 0. The van der Waals surface area contributed by atoms with Gasteiger partial charge in [0, 0.05) is 24.9 Å². The standard InChI is InChI=1S/C14H25NO2/c1-3-4-5-6-12-8-14(16)9-13-7-11(2)17-10-15(12)13/h11-13H,3-10H2,1-2H3/t11-,12+,13-/m0/s1. The molecule has 17 heavy (non-hydrogen) atoms. The Kier molecular flexibility index (Phi) is 4.57. The van der Waals surface area contributed by atoms with E-state index in [0.717, 1.165) is 32.4 Å². The van der Waals surface area contributed by atoms with E-state index < -0.39 is 0 Å². The summed E-state index contributed by atoms with van der Waals surface area (Å²) < 4.78 is 5.73. The average molecular weight is 239 g/mol. The summed E-state index contributed by atoms with van der Waals surface area (Å²) in [5, 5.41) is 0. The maximum atomic E-state index is 11.8. The molecule has 0 saturated carbocycles. The molecule has 3 atom stereocenters. The number of hydrogen-bond donors (Lipinski definition) is 0. The average Bonchev–Trinajstić information content (AvgIpc) is 2.28. The van der Waals surface area contributed by atoms with Gasteiger partial charge in [0.2, 0.25) is 0 Å². The van der Waals surface area contributed by atoms with Crippen molar-refractivity contribution in [1.29, 1.82) is 0 Å². The Balaban J connectivity index is 1.92. The van der Waals surface area contributed by atoms with Crippen molar-refractivity contribution in [3.05, 3.63) is 0 Å². The maximum absolute atomic E-state index is 11.8. The smallest absolute Gasteiger partial charge is 0.136 e. The highest BCUT2D eigenvalue weighted by molar-refractivity contribution is 5.80. The Labute approximate surface area is 105 Å². The van der Waals surface area contributed by atoms with Gasteiger partial charge in [-0.1, -0.05) is 26.2 Å². The molecule has 0 amide bonds. The van der Waals surface area contributed by atoms with Crippen LogP contribution in [0.25, 0.3) is 0 Å². The van der Waals surface area contributed by atoms with Crippen LogP contribution in [-0.4, -0.2) is 35.6 Å². The molecule has 0 aromatic carbocycles. The number of ketones is 1. The Bertz CT molecular complexity index is 267. The summed E-state index contributed by atoms with van der Waals surface area (Å²) in [6, 6.07) is 0.895. The Morgan fingerprint density at radius 2 is 2.18 bits per heavy atom. The highest BCUT2D eigenvalue weighted by Crippen LogP contribution is 2.30. The monoisotopic (exact) mass is 239 g/mol. The van der Waals surface area contributed by atoms with Crippen molar-refractivity contribution in [1.82, 2.24) is 4.90 Å². The lowest BCUT2D eigenvalue weighted by molar-refractivity contribution is -0.145. The Morgan fingerprint density at radius 3 is 2.94 bits per heavy atom. The van der Waals surface area contributed by atoms with Crippen LogP contribution >= 0.6 is 0 Å². The zero-order chi connectivity index (χ0) is 12.3. The highest BCUT2D eigenvalue weighted by atomic mass is 16.5. The molecule has 3 heteroatoms. The number of fused-ring (bicyclic) bond motifs is 1. The van der Waals surface area contributed by atoms with Crippen LogP contribution < -0.4 is 0 Å². The van der Waals surface area contributed by atoms with Crippen LogP contribution in [0.4, 0.5) is 0 Å². The van der Waals surface area contributed by atoms with E-state index in [1.165, 1.54) is 19.3 Å². The van der Waals surface area contributed by atoms with E-state index >= 15 is 0 Å². The van der Waals surface area contributed by atoms with E-state index in [1.807, 2.05) is 0 Å². The molecule has 0 bridgehead atoms. The third-order valence-electron chi connectivity index (χ3n) is 4.12. The second kappa shape index (κ2) is 5.96. The molecule has 98 valence electrons. The predicted molar refractivity (Wildman–Crippen MR) is 67.8 cm³/mol. The lowest BCUT2D eigenvalue weighted by atomic mass is 9.88. The molecule has 2 rings (SSSR count). The number of carbonyl (C=O) groups is 1. The molecule has 0 N–H and O–H groups in total. The van der Waals surface area contributed by atoms with Crippen molar-refractivity contribution in [3.8, 4) is 0 Å². The summed E-state index contributed by atoms with van der Waals surface area (Å²) >= 11 is 0. The van der Waals surface area contributed by atoms with Gasteiger partial charge in [0.05, 0.1) is 12.8 Å². The van der Waals surface area contributed by atoms with Gasteiger partial charge in [0.15, 0.2) is 0 Å². The van der Waals surface area contributed by atoms with E-state index in [4.69, 9.17) is 4.74 Å². The van der Waals surface area contributed by atoms with Crippen LogP contribution in [0.1, 0.15) is 58.8 Å². The molecule has 2 fully saturated rings. The molecule has 0 aromatic heterocycles. The van der Waals surface area contributed by atoms with E-state index in [0.29, 0.717) is 24.0 Å². The van der Waals surface area contributed by atoms with E-state index in [2.05, 4.69) is 18.7 Å². The van der Waals surface area contributed by atoms with Gasteiger partial charge in [0.25, 0.3) is 0 Å². The topological polar surface area (TPSA) is 29.5 Å². The second-order valence-electron chi connectivity index (χ2n) is 5.61. The molecule has 2 saturated heterocycles. The minimum absolute atomic E-state index is 0.318. The molecule has 0 unspecified atom stereocenters. The number of Topliss-reactive ketones (excluding diaryl/α,β-unsaturated/α-hetero) is 1. The first kappa shape index (κ1) is 13.0. The van der Waals surface area contributed by atoms with Crippen LogP contribution in [0.2, 0.25) is 0 Å². The second-order valence-corrected chi connectivity index (χ2v) is 5.61. The Hall–Kier alpha value is -0.410. The number of rotatable bonds is 4. The van der Waals surface area contributed by atoms with Crippen molar-refractivity contribution < 1.29 is 9.53 Å². The first-order valence-electron chi connectivity index (χ1n) is 7.09. The first-order chi connectivity index (χ1) is 8.20. The molecule has 2 heterocycles. The lowest BCUT2D eigenvalue weighted by Gasteiger charge is -2.45. The molecule has 3 nitrogen and oxygen atoms in total. The predicted octanol–water partition coefficient (Wildman–Crippen LogP) is 2.74. The SMILES string of the molecule is CCCCC[C@@H]1CC(=O)C[C@@H]2C[C@H](C)OCN12. The quantitative estimate of drug-likeness (QED) is 0.706. The number of hydrogen-bond acceptors (Lipinski definition) is 3. The van der Waals surface area contributed by atoms with Crippen molar-refractivity contribution in [2.24, 2.45) is 0 Å². The maximum Gasteiger partial charge on any atom is 0.136 e. The van der Waals surface area contributed by atoms with Gasteiger partial charge in [-0.3, -0.25) is 9.69 Å². The molecular formula is C14H25NO2. The summed E-state index contributed by atoms with van der Waals surface area (Å²) in [5.41, 5.74) is 0. The van der Waals surface area contributed by atoms with Gasteiger partial charge in [-0.15, -0.1) is 0 Å². The van der Waals surface area contributed by atoms with Gasteiger partial charge in [-0.2, -0.15) is 0 Å². The molecule has 0 aromatic rings. The summed E-state index contributed by atoms with van der Waals surface area (Å²) in [4.78, 5) is 14.2. The minimum atomic E-state index is 0.318. The number of unbranched alkanes of at least 4 members (excludes halogenated alkanes) is 2. The lowest BCUT2D eigenvalue weighted by Crippen LogP contribution is -2.54. The van der Waals surface area contributed by atoms with Gasteiger partial charge in [-0.25, -0.2) is 0 Å². The fourth-order valence-electron chi connectivity index (χ4n) is 3.13. The van der Waals surface area contributed by atoms with Crippen molar-refractivity contribution in [2.75, 3.05) is 6.73 Å². The van der Waals surface area contributed by atoms with Crippen molar-refractivity contribution in [3.63, 3.8) is 0 Å². The third kappa shape index (κ3) is 3.29. The van der Waals surface area contributed by atoms with Gasteiger partial charge in [0.1, 0.15) is 5.78 Å². The first-order valence-corrected chi connectivity index (χ1v) is 7.09. The molecule has 2 aliphatic rings. The zero-order valence-electron chi connectivity index (χ0n) is 11.2. The van der Waals surface area contributed by atoms with Crippen molar-refractivity contribution in [2.45, 2.75) is 77.0 Å². The largest absolute Gasteiger partial charge is 0.363 e. The zero-order valence-corrected chi connectivity index (χ0v) is 11.2. The van der Waals surface area contributed by atoms with Crippen LogP contribution in [0.5, 0.6) is 0 Å². The van der Waals surface area contributed by atoms with Crippen LogP contribution in [-0.2, 0) is 9.53 Å². The number of piperidine rings is 1. The van der Waals surface area contributed by atoms with Gasteiger partial charge < -0.3 is 4.74 Å². The number of carbonyl (C=O) groups excluding carboxylic acids is 1. The van der Waals surface area contributed by atoms with Gasteiger partial charge >= 0.3 is 0 Å². The van der Waals surface area contributed by atoms with E-state index in [-0.39, 0.29) is 0 Å². The minimum Gasteiger partial charge on any atom is -0.363 e. The fraction of sp³-hybridized carbons (Fsp3) is 0.929. The van der Waals surface area contributed by atoms with Crippen LogP contribution in [0.15, 0.2) is 0 Å². The van der Waals surface area contributed by atoms with E-state index in [9.17, 15) is 4.79 Å². The molecule has 2 aliphatic heterocycles. The fourth-order valence-corrected chi connectivity index (χ4v) is 3.13. The van der Waals surface area contributed by atoms with Crippen molar-refractivity contribution >= 4 is 5.78 Å². The summed E-state index contributed by atoms with van der Waals surface area (Å²) in [6.07, 6.45) is 7.77. The Morgan fingerprint density at radius 1 is 1.35 bits per heavy atom. The number of nitrogens with zero attached hydrogens (tertiary/aromatic N) is 1.